The Hall–Kier alpha value is -2.08. The number of aliphatic hydroxyl groups excluding tert-OH is 1. The molecule has 6 nitrogen and oxygen atoms in total. The first-order valence-corrected chi connectivity index (χ1v) is 6.10. The number of nitrogens with zero attached hydrogens (tertiary/aromatic N) is 2. The molecule has 0 saturated heterocycles. The molecular weight excluding hydrogens is 248 g/mol. The van der Waals surface area contributed by atoms with Gasteiger partial charge in [-0.15, -0.1) is 10.2 Å². The lowest BCUT2D eigenvalue weighted by Crippen LogP contribution is -2.04. The first kappa shape index (κ1) is 13.4. The lowest BCUT2D eigenvalue weighted by Gasteiger charge is -2.10. The van der Waals surface area contributed by atoms with E-state index in [-0.39, 0.29) is 19.8 Å². The van der Waals surface area contributed by atoms with Crippen LogP contribution >= 0.6 is 0 Å². The lowest BCUT2D eigenvalue weighted by molar-refractivity contribution is 0.189. The van der Waals surface area contributed by atoms with Gasteiger partial charge in [0.1, 0.15) is 6.61 Å². The average Bonchev–Trinajstić information content (AvgIpc) is 2.91. The molecule has 1 heterocycles. The molecule has 0 amide bonds. The maximum absolute atomic E-state index is 8.76. The van der Waals surface area contributed by atoms with Gasteiger partial charge in [-0.3, -0.25) is 0 Å². The molecule has 6 heteroatoms. The molecule has 2 aromatic rings. The molecule has 0 spiro atoms. The zero-order valence-corrected chi connectivity index (χ0v) is 10.7. The van der Waals surface area contributed by atoms with Crippen molar-refractivity contribution < 1.29 is 19.0 Å². The van der Waals surface area contributed by atoms with Crippen molar-refractivity contribution in [2.45, 2.75) is 20.0 Å². The molecule has 0 unspecified atom stereocenters. The van der Waals surface area contributed by atoms with Crippen LogP contribution in [-0.2, 0) is 13.0 Å². The fourth-order valence-corrected chi connectivity index (χ4v) is 1.47. The van der Waals surface area contributed by atoms with Crippen molar-refractivity contribution in [3.63, 3.8) is 0 Å². The normalized spacial score (nSPS) is 10.4. The summed E-state index contributed by atoms with van der Waals surface area (Å²) in [6.07, 6.45) is 0.698. The van der Waals surface area contributed by atoms with E-state index in [1.54, 1.807) is 12.1 Å². The Morgan fingerprint density at radius 3 is 2.42 bits per heavy atom. The summed E-state index contributed by atoms with van der Waals surface area (Å²) in [4.78, 5) is 0. The Morgan fingerprint density at radius 1 is 1.11 bits per heavy atom. The summed E-state index contributed by atoms with van der Waals surface area (Å²) in [6, 6.07) is 7.23. The molecular formula is C13H16N2O4. The topological polar surface area (TPSA) is 77.6 Å². The maximum atomic E-state index is 8.76. The molecule has 1 aromatic heterocycles. The van der Waals surface area contributed by atoms with Gasteiger partial charge in [-0.1, -0.05) is 19.1 Å². The van der Waals surface area contributed by atoms with Crippen LogP contribution in [0.5, 0.6) is 11.5 Å². The summed E-state index contributed by atoms with van der Waals surface area (Å²) < 4.78 is 16.3. The average molecular weight is 264 g/mol. The van der Waals surface area contributed by atoms with Gasteiger partial charge in [0.15, 0.2) is 18.1 Å². The summed E-state index contributed by atoms with van der Waals surface area (Å²) in [5, 5.41) is 16.5. The predicted octanol–water partition coefficient (Wildman–Crippen LogP) is 1.58. The first-order valence-electron chi connectivity index (χ1n) is 6.10. The van der Waals surface area contributed by atoms with E-state index in [0.717, 1.165) is 0 Å². The number of para-hydroxylation sites is 2. The van der Waals surface area contributed by atoms with E-state index in [1.807, 2.05) is 19.1 Å². The van der Waals surface area contributed by atoms with Gasteiger partial charge in [0.05, 0.1) is 6.61 Å². The molecule has 102 valence electrons. The number of benzene rings is 1. The van der Waals surface area contributed by atoms with Crippen LogP contribution in [0.4, 0.5) is 0 Å². The van der Waals surface area contributed by atoms with E-state index < -0.39 is 0 Å². The molecule has 0 atom stereocenters. The minimum atomic E-state index is -0.0438. The van der Waals surface area contributed by atoms with E-state index in [1.165, 1.54) is 0 Å². The molecule has 0 saturated carbocycles. The molecule has 2 rings (SSSR count). The Balaban J connectivity index is 1.98. The third-order valence-electron chi connectivity index (χ3n) is 2.36. The smallest absolute Gasteiger partial charge is 0.253 e. The van der Waals surface area contributed by atoms with Gasteiger partial charge in [0.2, 0.25) is 5.89 Å². The highest BCUT2D eigenvalue weighted by Gasteiger charge is 2.08. The predicted molar refractivity (Wildman–Crippen MR) is 67.0 cm³/mol. The van der Waals surface area contributed by atoms with Crippen LogP contribution in [0, 0.1) is 0 Å². The van der Waals surface area contributed by atoms with Crippen molar-refractivity contribution in [1.82, 2.24) is 10.2 Å². The number of rotatable bonds is 7. The minimum absolute atomic E-state index is 0.0438. The molecule has 0 radical (unpaired) electrons. The second kappa shape index (κ2) is 6.75. The van der Waals surface area contributed by atoms with Crippen molar-refractivity contribution in [2.75, 3.05) is 13.2 Å². The summed E-state index contributed by atoms with van der Waals surface area (Å²) in [7, 11) is 0. The summed E-state index contributed by atoms with van der Waals surface area (Å²) in [5.74, 6) is 2.16. The van der Waals surface area contributed by atoms with Crippen LogP contribution in [0.2, 0.25) is 0 Å². The SMILES string of the molecule is CCc1nnc(COc2ccccc2OCCO)o1. The summed E-state index contributed by atoms with van der Waals surface area (Å²) in [5.41, 5.74) is 0. The lowest BCUT2D eigenvalue weighted by atomic mass is 10.3. The highest BCUT2D eigenvalue weighted by Crippen LogP contribution is 2.27. The fraction of sp³-hybridized carbons (Fsp3) is 0.385. The molecule has 1 N–H and O–H groups in total. The first-order chi connectivity index (χ1) is 9.33. The number of ether oxygens (including phenoxy) is 2. The molecule has 0 aliphatic rings. The number of aryl methyl sites for hydroxylation is 1. The third-order valence-corrected chi connectivity index (χ3v) is 2.36. The van der Waals surface area contributed by atoms with Crippen molar-refractivity contribution >= 4 is 0 Å². The van der Waals surface area contributed by atoms with Gasteiger partial charge in [-0.05, 0) is 12.1 Å². The van der Waals surface area contributed by atoms with E-state index in [0.29, 0.717) is 29.7 Å². The zero-order chi connectivity index (χ0) is 13.5. The highest BCUT2D eigenvalue weighted by molar-refractivity contribution is 5.39. The van der Waals surface area contributed by atoms with Crippen LogP contribution in [0.1, 0.15) is 18.7 Å². The molecule has 0 aliphatic heterocycles. The van der Waals surface area contributed by atoms with E-state index in [4.69, 9.17) is 19.0 Å². The van der Waals surface area contributed by atoms with Crippen molar-refractivity contribution in [1.29, 1.82) is 0 Å². The maximum Gasteiger partial charge on any atom is 0.253 e. The van der Waals surface area contributed by atoms with Gasteiger partial charge in [0, 0.05) is 6.42 Å². The summed E-state index contributed by atoms with van der Waals surface area (Å²) >= 11 is 0. The Kier molecular flexibility index (Phi) is 4.74. The molecule has 0 fully saturated rings. The number of hydrogen-bond acceptors (Lipinski definition) is 6. The number of aromatic nitrogens is 2. The largest absolute Gasteiger partial charge is 0.487 e. The fourth-order valence-electron chi connectivity index (χ4n) is 1.47. The van der Waals surface area contributed by atoms with Gasteiger partial charge in [-0.25, -0.2) is 0 Å². The Morgan fingerprint density at radius 2 is 1.79 bits per heavy atom. The van der Waals surface area contributed by atoms with Crippen LogP contribution in [0.25, 0.3) is 0 Å². The minimum Gasteiger partial charge on any atom is -0.487 e. The Bertz CT molecular complexity index is 513. The second-order valence-corrected chi connectivity index (χ2v) is 3.75. The van der Waals surface area contributed by atoms with Gasteiger partial charge >= 0.3 is 0 Å². The van der Waals surface area contributed by atoms with Crippen molar-refractivity contribution in [3.8, 4) is 11.5 Å². The Labute approximate surface area is 111 Å². The van der Waals surface area contributed by atoms with Crippen molar-refractivity contribution in [2.24, 2.45) is 0 Å². The van der Waals surface area contributed by atoms with Crippen LogP contribution < -0.4 is 9.47 Å². The standard InChI is InChI=1S/C13H16N2O4/c1-2-12-14-15-13(19-12)9-18-11-6-4-3-5-10(11)17-8-7-16/h3-6,16H,2,7-9H2,1H3. The van der Waals surface area contributed by atoms with Crippen LogP contribution in [0.15, 0.2) is 28.7 Å². The quantitative estimate of drug-likeness (QED) is 0.818. The second-order valence-electron chi connectivity index (χ2n) is 3.75. The van der Waals surface area contributed by atoms with E-state index in [9.17, 15) is 0 Å². The van der Waals surface area contributed by atoms with E-state index >= 15 is 0 Å². The van der Waals surface area contributed by atoms with Crippen LogP contribution in [-0.4, -0.2) is 28.5 Å². The zero-order valence-electron chi connectivity index (χ0n) is 10.7. The monoisotopic (exact) mass is 264 g/mol. The van der Waals surface area contributed by atoms with Crippen LogP contribution in [0.3, 0.4) is 0 Å². The number of aliphatic hydroxyl groups is 1. The van der Waals surface area contributed by atoms with Crippen molar-refractivity contribution in [3.05, 3.63) is 36.0 Å². The molecule has 19 heavy (non-hydrogen) atoms. The van der Waals surface area contributed by atoms with Gasteiger partial charge in [-0.2, -0.15) is 0 Å². The summed E-state index contributed by atoms with van der Waals surface area (Å²) in [6.45, 7) is 2.31. The molecule has 0 bridgehead atoms. The van der Waals surface area contributed by atoms with E-state index in [2.05, 4.69) is 10.2 Å². The third kappa shape index (κ3) is 3.69. The van der Waals surface area contributed by atoms with Gasteiger partial charge in [0.25, 0.3) is 5.89 Å². The van der Waals surface area contributed by atoms with Gasteiger partial charge < -0.3 is 19.0 Å². The molecule has 1 aromatic carbocycles. The molecule has 0 aliphatic carbocycles. The highest BCUT2D eigenvalue weighted by atomic mass is 16.5. The number of hydrogen-bond donors (Lipinski definition) is 1.